The van der Waals surface area contributed by atoms with Gasteiger partial charge in [0.15, 0.2) is 0 Å². The molecule has 0 aromatic heterocycles. The molecular weight excluding hydrogens is 1830 g/mol. The van der Waals surface area contributed by atoms with Crippen molar-refractivity contribution >= 4 is 23.5 Å². The first-order chi connectivity index (χ1) is 69.0. The number of benzene rings is 4. The van der Waals surface area contributed by atoms with E-state index < -0.39 is 0 Å². The Balaban J connectivity index is 0.000000294. The van der Waals surface area contributed by atoms with Crippen LogP contribution in [0.15, 0.2) is 121 Å². The molecule has 0 bridgehead atoms. The molecule has 9 fully saturated rings. The molecule has 856 valence electrons. The molecular formula is C144H256O2S2. The Morgan fingerprint density at radius 1 is 0.223 bits per heavy atom. The van der Waals surface area contributed by atoms with E-state index in [9.17, 15) is 0 Å². The zero-order valence-corrected chi connectivity index (χ0v) is 108. The van der Waals surface area contributed by atoms with Crippen LogP contribution in [0.25, 0.3) is 0 Å². The predicted octanol–water partition coefficient (Wildman–Crippen LogP) is 47.5. The average Bonchev–Trinajstić information content (AvgIpc) is 0.767. The summed E-state index contributed by atoms with van der Waals surface area (Å²) < 4.78 is 10.6. The van der Waals surface area contributed by atoms with Crippen molar-refractivity contribution in [3.05, 3.63) is 144 Å². The number of thioether (sulfide) groups is 2. The van der Waals surface area contributed by atoms with Crippen LogP contribution in [0.2, 0.25) is 0 Å². The first-order valence-corrected chi connectivity index (χ1v) is 66.0. The molecule has 13 rings (SSSR count). The zero-order chi connectivity index (χ0) is 111. The first kappa shape index (κ1) is 136. The van der Waals surface area contributed by atoms with Gasteiger partial charge in [-0.1, -0.05) is 530 Å². The quantitative estimate of drug-likeness (QED) is 0.0473. The summed E-state index contributed by atoms with van der Waals surface area (Å²) in [5, 5.41) is 0. The van der Waals surface area contributed by atoms with Gasteiger partial charge in [-0.3, -0.25) is 0 Å². The van der Waals surface area contributed by atoms with Crippen molar-refractivity contribution in [2.45, 2.75) is 623 Å². The SMILES string of the molecule is CC(C)(C)CCC(C)(C)C1(C)CCCCC1.CC(C)(C)CC[C@](C)(c1ccccc1)C1(C)CCCCC1.CC(C)(C)CC[C@]1(C)CCCCC1(C)C.CCCC[C@](C)(c1ccccc1)C1(C)CCCCC1.CCCC[C@]1(C)CCCCC1(C)C.COCC[C@](C)(c1ccccc1)C1(C)CCCCC1.COCC[C@]1(C)CCCCC1(C)C.CSCC[C@](C)(c1ccccc1)C1(C)CCCCC1.CSCC[C@]1(C)CCCCC1(C)C. The Hall–Kier alpha value is -2.50. The smallest absolute Gasteiger partial charge is 0.0470 e. The molecule has 148 heavy (non-hydrogen) atoms. The standard InChI is InChI=1S/C21H34.C19H30.C18H28O.C18H28S.C16H32.C15H30.C13H26.C12H24O.C12H24S/c1-19(2,3)16-17-21(5,18-12-8-6-9-13-18)20(4)14-10-7-11-15-20;1-4-5-16-19(3,17-12-8-6-9-13-17)18(2)14-10-7-11-15-18;2*1-17(12-8-5-9-13-17)18(2,14-15-19-3)16-10-6-4-7-11-16;1-14(2,3)12-13-15(4,5)16(6)10-8-7-9-11-16;1-13(2,3)11-12-15(6)10-8-7-9-14(15,4)5;1-5-6-10-13(4)11-8-7-9-12(13,2)3;2*1-11(2)7-5-6-8-12(11,3)9-10-13-4/h6,8-9,12-13H,7,10-11,14-17H2,1-5H3;6,8-9,12-13H,4-5,7,10-11,14-16H2,1-3H3;2*4,6-7,10-11H,5,8-9,12-15H2,1-3H3;7-13H2,1-6H3;7-12H2,1-6H3;5-11H2,1-4H3;2*5-10H2,1-4H3/t21-;19-;2*18-;;15-;13-;2*12-/m1111.0100/s1. The van der Waals surface area contributed by atoms with Crippen molar-refractivity contribution in [2.75, 3.05) is 51.5 Å². The lowest BCUT2D eigenvalue weighted by Gasteiger charge is -2.50. The molecule has 0 N–H and O–H groups in total. The minimum atomic E-state index is 0.227. The topological polar surface area (TPSA) is 18.5 Å². The molecule has 8 atom stereocenters. The van der Waals surface area contributed by atoms with E-state index in [1.54, 1.807) is 23.8 Å². The van der Waals surface area contributed by atoms with Gasteiger partial charge in [0.05, 0.1) is 0 Å². The van der Waals surface area contributed by atoms with E-state index >= 15 is 0 Å². The molecule has 4 heteroatoms. The van der Waals surface area contributed by atoms with Crippen LogP contribution in [0.1, 0.15) is 624 Å². The number of rotatable bonds is 33. The van der Waals surface area contributed by atoms with Crippen molar-refractivity contribution in [2.24, 2.45) is 92.1 Å². The maximum atomic E-state index is 5.39. The van der Waals surface area contributed by atoms with Crippen molar-refractivity contribution in [3.63, 3.8) is 0 Å². The number of hydrogen-bond acceptors (Lipinski definition) is 4. The number of hydrogen-bond donors (Lipinski definition) is 0. The lowest BCUT2D eigenvalue weighted by molar-refractivity contribution is 0.00329. The van der Waals surface area contributed by atoms with Crippen molar-refractivity contribution < 1.29 is 9.47 Å². The van der Waals surface area contributed by atoms with E-state index in [1.807, 2.05) is 30.6 Å². The highest BCUT2D eigenvalue weighted by Gasteiger charge is 2.53. The van der Waals surface area contributed by atoms with Crippen LogP contribution in [0.5, 0.6) is 0 Å². The molecule has 0 aliphatic heterocycles. The predicted molar refractivity (Wildman–Crippen MR) is 670 cm³/mol. The molecule has 0 radical (unpaired) electrons. The molecule has 4 aromatic carbocycles. The Morgan fingerprint density at radius 3 is 0.743 bits per heavy atom. The van der Waals surface area contributed by atoms with Crippen LogP contribution < -0.4 is 0 Å². The number of methoxy groups -OCH3 is 2. The van der Waals surface area contributed by atoms with Gasteiger partial charge in [0.25, 0.3) is 0 Å². The Labute approximate surface area is 936 Å². The maximum absolute atomic E-state index is 5.39. The van der Waals surface area contributed by atoms with Gasteiger partial charge in [-0.25, -0.2) is 0 Å². The zero-order valence-electron chi connectivity index (χ0n) is 107. The molecule has 2 nitrogen and oxygen atoms in total. The highest BCUT2D eigenvalue weighted by molar-refractivity contribution is 7.98. The summed E-state index contributed by atoms with van der Waals surface area (Å²) >= 11 is 3.98. The summed E-state index contributed by atoms with van der Waals surface area (Å²) in [5.41, 5.74) is 16.2. The molecule has 0 saturated heterocycles. The molecule has 0 spiro atoms. The van der Waals surface area contributed by atoms with Crippen LogP contribution >= 0.6 is 23.5 Å². The van der Waals surface area contributed by atoms with Crippen molar-refractivity contribution in [3.8, 4) is 0 Å². The van der Waals surface area contributed by atoms with Gasteiger partial charge in [-0.05, 0) is 347 Å². The van der Waals surface area contributed by atoms with Gasteiger partial charge in [-0.2, -0.15) is 23.5 Å². The van der Waals surface area contributed by atoms with E-state index in [-0.39, 0.29) is 5.41 Å². The second-order valence-corrected chi connectivity index (χ2v) is 63.2. The summed E-state index contributed by atoms with van der Waals surface area (Å²) in [7, 11) is 3.62. The van der Waals surface area contributed by atoms with Gasteiger partial charge in [0, 0.05) is 32.8 Å². The fraction of sp³-hybridized carbons (Fsp3) is 0.833. The van der Waals surface area contributed by atoms with Crippen molar-refractivity contribution in [1.29, 1.82) is 0 Å². The summed E-state index contributed by atoms with van der Waals surface area (Å²) in [6.07, 6.45) is 84.0. The normalized spacial score (nSPS) is 25.9. The van der Waals surface area contributed by atoms with E-state index in [0.717, 1.165) is 19.6 Å². The van der Waals surface area contributed by atoms with Crippen LogP contribution in [-0.2, 0) is 31.1 Å². The second-order valence-electron chi connectivity index (χ2n) is 61.2. The molecule has 0 unspecified atom stereocenters. The van der Waals surface area contributed by atoms with Gasteiger partial charge in [0.1, 0.15) is 0 Å². The minimum Gasteiger partial charge on any atom is -0.385 e. The highest BCUT2D eigenvalue weighted by atomic mass is 32.2. The third kappa shape index (κ3) is 39.5. The fourth-order valence-electron chi connectivity index (χ4n) is 29.3. The van der Waals surface area contributed by atoms with Gasteiger partial charge in [-0.15, -0.1) is 0 Å². The summed E-state index contributed by atoms with van der Waals surface area (Å²) in [6, 6.07) is 44.9. The summed E-state index contributed by atoms with van der Waals surface area (Å²) in [6.45, 7) is 85.1. The monoisotopic (exact) mass is 2080 g/mol. The largest absolute Gasteiger partial charge is 0.385 e. The summed E-state index contributed by atoms with van der Waals surface area (Å²) in [4.78, 5) is 0. The van der Waals surface area contributed by atoms with Gasteiger partial charge >= 0.3 is 0 Å². The Kier molecular flexibility index (Phi) is 56.2. The molecule has 4 aromatic rings. The summed E-state index contributed by atoms with van der Waals surface area (Å²) in [5.74, 6) is 2.60. The van der Waals surface area contributed by atoms with E-state index in [1.165, 1.54) is 377 Å². The Morgan fingerprint density at radius 2 is 0.466 bits per heavy atom. The third-order valence-electron chi connectivity index (χ3n) is 45.8. The van der Waals surface area contributed by atoms with Crippen molar-refractivity contribution in [1.82, 2.24) is 0 Å². The fourth-order valence-corrected chi connectivity index (χ4v) is 30.6. The molecule has 9 aliphatic carbocycles. The molecule has 9 saturated carbocycles. The average molecular weight is 2080 g/mol. The Bertz CT molecular complexity index is 3840. The van der Waals surface area contributed by atoms with E-state index in [0.29, 0.717) is 108 Å². The molecule has 0 amide bonds. The number of unbranched alkanes of at least 4 members (excludes halogenated alkanes) is 2. The lowest BCUT2D eigenvalue weighted by atomic mass is 9.54. The van der Waals surface area contributed by atoms with Gasteiger partial charge in [0.2, 0.25) is 0 Å². The maximum Gasteiger partial charge on any atom is 0.0470 e. The van der Waals surface area contributed by atoms with Crippen LogP contribution in [0.4, 0.5) is 0 Å². The van der Waals surface area contributed by atoms with Gasteiger partial charge < -0.3 is 9.47 Å². The second kappa shape index (κ2) is 61.2. The van der Waals surface area contributed by atoms with E-state index in [2.05, 4.69) is 369 Å². The molecule has 9 aliphatic rings. The third-order valence-corrected chi connectivity index (χ3v) is 47.0. The van der Waals surface area contributed by atoms with Crippen LogP contribution in [0.3, 0.4) is 0 Å². The van der Waals surface area contributed by atoms with E-state index in [4.69, 9.17) is 9.47 Å². The first-order valence-electron chi connectivity index (χ1n) is 63.2. The molecule has 0 heterocycles. The van der Waals surface area contributed by atoms with Crippen LogP contribution in [-0.4, -0.2) is 51.5 Å². The lowest BCUT2D eigenvalue weighted by Crippen LogP contribution is -2.43. The number of ether oxygens (including phenoxy) is 2. The highest BCUT2D eigenvalue weighted by Crippen LogP contribution is 2.62. The van der Waals surface area contributed by atoms with Crippen LogP contribution in [0, 0.1) is 92.1 Å². The minimum absolute atomic E-state index is 0.227.